The molecule has 6 heteroatoms. The molecule has 15 heavy (non-hydrogen) atoms. The van der Waals surface area contributed by atoms with Crippen LogP contribution in [-0.4, -0.2) is 16.6 Å². The second-order valence-corrected chi connectivity index (χ2v) is 2.95. The number of ether oxygens (including phenoxy) is 1. The predicted molar refractivity (Wildman–Crippen MR) is 47.4 cm³/mol. The third-order valence-electron chi connectivity index (χ3n) is 1.68. The molecule has 0 aliphatic carbocycles. The maximum Gasteiger partial charge on any atom is 0.419 e. The summed E-state index contributed by atoms with van der Waals surface area (Å²) in [5.74, 6) is 0. The SMILES string of the molecule is CCCCOc1ncc(C(F)(F)F)cn1. The number of hydrogen-bond donors (Lipinski definition) is 0. The summed E-state index contributed by atoms with van der Waals surface area (Å²) < 4.78 is 41.3. The van der Waals surface area contributed by atoms with Gasteiger partial charge in [-0.3, -0.25) is 0 Å². The molecule has 0 N–H and O–H groups in total. The van der Waals surface area contributed by atoms with E-state index in [2.05, 4.69) is 9.97 Å². The van der Waals surface area contributed by atoms with Gasteiger partial charge in [0.15, 0.2) is 0 Å². The Morgan fingerprint density at radius 1 is 1.27 bits per heavy atom. The van der Waals surface area contributed by atoms with Crippen LogP contribution < -0.4 is 4.74 Å². The van der Waals surface area contributed by atoms with Crippen molar-refractivity contribution >= 4 is 0 Å². The molecule has 84 valence electrons. The molecule has 0 atom stereocenters. The number of hydrogen-bond acceptors (Lipinski definition) is 3. The van der Waals surface area contributed by atoms with Crippen LogP contribution in [0.3, 0.4) is 0 Å². The van der Waals surface area contributed by atoms with Gasteiger partial charge in [-0.2, -0.15) is 13.2 Å². The van der Waals surface area contributed by atoms with Gasteiger partial charge in [-0.25, -0.2) is 9.97 Å². The first-order valence-electron chi connectivity index (χ1n) is 4.56. The van der Waals surface area contributed by atoms with E-state index in [0.717, 1.165) is 12.8 Å². The van der Waals surface area contributed by atoms with Crippen molar-refractivity contribution < 1.29 is 17.9 Å². The lowest BCUT2D eigenvalue weighted by molar-refractivity contribution is -0.138. The normalized spacial score (nSPS) is 11.5. The zero-order valence-electron chi connectivity index (χ0n) is 8.21. The Bertz CT molecular complexity index is 297. The van der Waals surface area contributed by atoms with Gasteiger partial charge >= 0.3 is 12.2 Å². The van der Waals surface area contributed by atoms with Crippen LogP contribution in [0.25, 0.3) is 0 Å². The van der Waals surface area contributed by atoms with Gasteiger partial charge in [0.1, 0.15) is 0 Å². The van der Waals surface area contributed by atoms with Gasteiger partial charge in [0.25, 0.3) is 0 Å². The average molecular weight is 220 g/mol. The zero-order chi connectivity index (χ0) is 11.3. The summed E-state index contributed by atoms with van der Waals surface area (Å²) in [5.41, 5.74) is -0.870. The van der Waals surface area contributed by atoms with Gasteiger partial charge in [-0.05, 0) is 6.42 Å². The highest BCUT2D eigenvalue weighted by atomic mass is 19.4. The molecule has 0 unspecified atom stereocenters. The topological polar surface area (TPSA) is 35.0 Å². The molecule has 1 heterocycles. The third kappa shape index (κ3) is 3.73. The minimum absolute atomic E-state index is 0.0172. The maximum absolute atomic E-state index is 12.1. The highest BCUT2D eigenvalue weighted by Gasteiger charge is 2.31. The first kappa shape index (κ1) is 11.7. The van der Waals surface area contributed by atoms with E-state index in [-0.39, 0.29) is 6.01 Å². The van der Waals surface area contributed by atoms with E-state index in [1.807, 2.05) is 6.92 Å². The highest BCUT2D eigenvalue weighted by Crippen LogP contribution is 2.28. The van der Waals surface area contributed by atoms with E-state index in [4.69, 9.17) is 4.74 Å². The fraction of sp³-hybridized carbons (Fsp3) is 0.556. The first-order valence-corrected chi connectivity index (χ1v) is 4.56. The van der Waals surface area contributed by atoms with E-state index >= 15 is 0 Å². The molecule has 0 amide bonds. The van der Waals surface area contributed by atoms with Crippen molar-refractivity contribution in [1.82, 2.24) is 9.97 Å². The molecule has 0 radical (unpaired) electrons. The van der Waals surface area contributed by atoms with Crippen LogP contribution in [0.5, 0.6) is 6.01 Å². The molecule has 0 saturated carbocycles. The summed E-state index contributed by atoms with van der Waals surface area (Å²) in [4.78, 5) is 6.93. The van der Waals surface area contributed by atoms with Crippen molar-refractivity contribution in [1.29, 1.82) is 0 Å². The number of alkyl halides is 3. The lowest BCUT2D eigenvalue weighted by Gasteiger charge is -2.06. The van der Waals surface area contributed by atoms with E-state index in [0.29, 0.717) is 19.0 Å². The van der Waals surface area contributed by atoms with Crippen LogP contribution in [0.2, 0.25) is 0 Å². The van der Waals surface area contributed by atoms with E-state index in [9.17, 15) is 13.2 Å². The second-order valence-electron chi connectivity index (χ2n) is 2.95. The molecular formula is C9H11F3N2O. The summed E-state index contributed by atoms with van der Waals surface area (Å²) in [6.07, 6.45) is -1.20. The summed E-state index contributed by atoms with van der Waals surface area (Å²) in [7, 11) is 0. The Balaban J connectivity index is 2.57. The highest BCUT2D eigenvalue weighted by molar-refractivity contribution is 5.10. The largest absolute Gasteiger partial charge is 0.463 e. The minimum atomic E-state index is -4.40. The summed E-state index contributed by atoms with van der Waals surface area (Å²) in [6.45, 7) is 2.40. The smallest absolute Gasteiger partial charge is 0.419 e. The summed E-state index contributed by atoms with van der Waals surface area (Å²) in [5, 5.41) is 0. The molecule has 0 bridgehead atoms. The van der Waals surface area contributed by atoms with Gasteiger partial charge in [0.2, 0.25) is 0 Å². The molecular weight excluding hydrogens is 209 g/mol. The Morgan fingerprint density at radius 2 is 1.87 bits per heavy atom. The number of nitrogens with zero attached hydrogens (tertiary/aromatic N) is 2. The zero-order valence-corrected chi connectivity index (χ0v) is 8.21. The van der Waals surface area contributed by atoms with Crippen molar-refractivity contribution in [2.45, 2.75) is 25.9 Å². The van der Waals surface area contributed by atoms with E-state index < -0.39 is 11.7 Å². The Kier molecular flexibility index (Phi) is 3.88. The van der Waals surface area contributed by atoms with Crippen molar-refractivity contribution in [2.75, 3.05) is 6.61 Å². The Hall–Kier alpha value is -1.33. The van der Waals surface area contributed by atoms with Crippen LogP contribution in [0.1, 0.15) is 25.3 Å². The predicted octanol–water partition coefficient (Wildman–Crippen LogP) is 2.67. The molecule has 0 spiro atoms. The van der Waals surface area contributed by atoms with Crippen LogP contribution in [0, 0.1) is 0 Å². The standard InChI is InChI=1S/C9H11F3N2O/c1-2-3-4-15-8-13-5-7(6-14-8)9(10,11)12/h5-6H,2-4H2,1H3. The molecule has 1 aromatic heterocycles. The van der Waals surface area contributed by atoms with Crippen LogP contribution in [0.4, 0.5) is 13.2 Å². The van der Waals surface area contributed by atoms with Crippen molar-refractivity contribution in [3.63, 3.8) is 0 Å². The molecule has 0 aliphatic heterocycles. The quantitative estimate of drug-likeness (QED) is 0.731. The van der Waals surface area contributed by atoms with Gasteiger partial charge in [-0.15, -0.1) is 0 Å². The fourth-order valence-corrected chi connectivity index (χ4v) is 0.845. The molecule has 1 aromatic rings. The first-order chi connectivity index (χ1) is 7.04. The molecule has 0 aliphatic rings. The molecule has 1 rings (SSSR count). The number of halogens is 3. The van der Waals surface area contributed by atoms with Gasteiger partial charge in [-0.1, -0.05) is 13.3 Å². The van der Waals surface area contributed by atoms with Crippen molar-refractivity contribution in [3.8, 4) is 6.01 Å². The second kappa shape index (κ2) is 4.95. The molecule has 3 nitrogen and oxygen atoms in total. The molecule has 0 aromatic carbocycles. The Labute approximate surface area is 85.3 Å². The molecule has 0 saturated heterocycles. The maximum atomic E-state index is 12.1. The third-order valence-corrected chi connectivity index (χ3v) is 1.68. The summed E-state index contributed by atoms with van der Waals surface area (Å²) in [6, 6.07) is -0.0172. The van der Waals surface area contributed by atoms with Gasteiger partial charge < -0.3 is 4.74 Å². The van der Waals surface area contributed by atoms with Crippen LogP contribution in [-0.2, 0) is 6.18 Å². The number of aromatic nitrogens is 2. The van der Waals surface area contributed by atoms with Crippen molar-refractivity contribution in [3.05, 3.63) is 18.0 Å². The van der Waals surface area contributed by atoms with Gasteiger partial charge in [0.05, 0.1) is 12.2 Å². The lowest BCUT2D eigenvalue weighted by Crippen LogP contribution is -2.07. The summed E-state index contributed by atoms with van der Waals surface area (Å²) >= 11 is 0. The van der Waals surface area contributed by atoms with E-state index in [1.165, 1.54) is 0 Å². The van der Waals surface area contributed by atoms with E-state index in [1.54, 1.807) is 0 Å². The van der Waals surface area contributed by atoms with Crippen LogP contribution in [0.15, 0.2) is 12.4 Å². The minimum Gasteiger partial charge on any atom is -0.463 e. The van der Waals surface area contributed by atoms with Gasteiger partial charge in [0, 0.05) is 12.4 Å². The number of unbranched alkanes of at least 4 members (excludes halogenated alkanes) is 1. The molecule has 0 fully saturated rings. The van der Waals surface area contributed by atoms with Crippen LogP contribution >= 0.6 is 0 Å². The number of rotatable bonds is 4. The fourth-order valence-electron chi connectivity index (χ4n) is 0.845. The lowest BCUT2D eigenvalue weighted by atomic mass is 10.3. The Morgan fingerprint density at radius 3 is 2.33 bits per heavy atom. The van der Waals surface area contributed by atoms with Crippen molar-refractivity contribution in [2.24, 2.45) is 0 Å². The monoisotopic (exact) mass is 220 g/mol. The average Bonchev–Trinajstić information content (AvgIpc) is 2.18.